The third-order valence-corrected chi connectivity index (χ3v) is 10.8. The summed E-state index contributed by atoms with van der Waals surface area (Å²) in [6.07, 6.45) is -0.226. The van der Waals surface area contributed by atoms with Crippen molar-refractivity contribution in [2.45, 2.75) is 84.0 Å². The van der Waals surface area contributed by atoms with Gasteiger partial charge in [0.1, 0.15) is 27.0 Å². The molecule has 1 aliphatic rings. The number of aromatic nitrogens is 2. The average Bonchev–Trinajstić information content (AvgIpc) is 3.08. The van der Waals surface area contributed by atoms with Crippen LogP contribution < -0.4 is 11.2 Å². The van der Waals surface area contributed by atoms with E-state index in [-0.39, 0.29) is 13.0 Å². The van der Waals surface area contributed by atoms with Gasteiger partial charge in [0.15, 0.2) is 0 Å². The van der Waals surface area contributed by atoms with Gasteiger partial charge >= 0.3 is 17.6 Å². The molecule has 2 heterocycles. The zero-order valence-corrected chi connectivity index (χ0v) is 20.6. The summed E-state index contributed by atoms with van der Waals surface area (Å²) in [5.74, 6) is 2.13. The Hall–Kier alpha value is -2.64. The van der Waals surface area contributed by atoms with E-state index in [1.54, 1.807) is 6.92 Å². The van der Waals surface area contributed by atoms with Crippen LogP contribution in [0, 0.1) is 18.4 Å². The van der Waals surface area contributed by atoms with Crippen LogP contribution in [0.1, 0.15) is 52.8 Å². The van der Waals surface area contributed by atoms with E-state index in [1.807, 2.05) is 0 Å². The molecule has 176 valence electrons. The highest BCUT2D eigenvalue weighted by Gasteiger charge is 2.52. The summed E-state index contributed by atoms with van der Waals surface area (Å²) >= 11 is 0. The number of hydrogen-bond donors (Lipinski definition) is 1. The molecule has 1 N–H and O–H groups in total. The molecule has 0 spiro atoms. The van der Waals surface area contributed by atoms with Gasteiger partial charge in [0.05, 0.1) is 0 Å². The van der Waals surface area contributed by atoms with Gasteiger partial charge in [0, 0.05) is 32.0 Å². The molecule has 0 aliphatic carbocycles. The summed E-state index contributed by atoms with van der Waals surface area (Å²) in [7, 11) is -1.92. The van der Waals surface area contributed by atoms with E-state index in [0.717, 1.165) is 18.1 Å². The highest BCUT2D eigenvalue weighted by atomic mass is 28.3. The van der Waals surface area contributed by atoms with E-state index in [9.17, 15) is 19.2 Å². The van der Waals surface area contributed by atoms with Crippen LogP contribution in [0.15, 0.2) is 15.8 Å². The van der Waals surface area contributed by atoms with Crippen molar-refractivity contribution in [1.29, 1.82) is 0 Å². The van der Waals surface area contributed by atoms with Crippen molar-refractivity contribution in [2.75, 3.05) is 6.61 Å². The Morgan fingerprint density at radius 3 is 2.38 bits per heavy atom. The summed E-state index contributed by atoms with van der Waals surface area (Å²) in [5, 5.41) is 0. The summed E-state index contributed by atoms with van der Waals surface area (Å²) in [5.41, 5.74) is 1.20. The molecule has 0 bridgehead atoms. The molecule has 0 aromatic carbocycles. The van der Waals surface area contributed by atoms with Crippen LogP contribution >= 0.6 is 0 Å². The second-order valence-electron chi connectivity index (χ2n) is 8.15. The summed E-state index contributed by atoms with van der Waals surface area (Å²) in [6.45, 7) is 10.2. The Labute approximate surface area is 188 Å². The SMILES string of the molecule is CC[Si](C#C[C@]1(COC(C)=O)O[C@@H](n2cc(C)c(=O)[nH]c2=O)C[C@@H]1OC(C)=O)(CC)CC. The van der Waals surface area contributed by atoms with E-state index < -0.39 is 49.2 Å². The number of carbonyl (C=O) groups is 2. The number of aromatic amines is 1. The summed E-state index contributed by atoms with van der Waals surface area (Å²) in [4.78, 5) is 49.9. The molecular formula is C22H32N2O7Si. The van der Waals surface area contributed by atoms with Gasteiger partial charge in [0.25, 0.3) is 5.56 Å². The van der Waals surface area contributed by atoms with Crippen molar-refractivity contribution < 1.29 is 23.8 Å². The fraction of sp³-hybridized carbons (Fsp3) is 0.636. The maximum Gasteiger partial charge on any atom is 0.330 e. The Morgan fingerprint density at radius 1 is 1.22 bits per heavy atom. The van der Waals surface area contributed by atoms with E-state index in [1.165, 1.54) is 24.6 Å². The summed E-state index contributed by atoms with van der Waals surface area (Å²) < 4.78 is 18.3. The van der Waals surface area contributed by atoms with E-state index in [2.05, 4.69) is 37.2 Å². The predicted molar refractivity (Wildman–Crippen MR) is 121 cm³/mol. The highest BCUT2D eigenvalue weighted by molar-refractivity contribution is 6.87. The lowest BCUT2D eigenvalue weighted by atomic mass is 9.98. The topological polar surface area (TPSA) is 117 Å². The quantitative estimate of drug-likeness (QED) is 0.373. The molecule has 0 saturated carbocycles. The lowest BCUT2D eigenvalue weighted by Crippen LogP contribution is -2.46. The van der Waals surface area contributed by atoms with Gasteiger partial charge < -0.3 is 14.2 Å². The molecule has 3 atom stereocenters. The van der Waals surface area contributed by atoms with Crippen molar-refractivity contribution in [3.63, 3.8) is 0 Å². The van der Waals surface area contributed by atoms with E-state index in [4.69, 9.17) is 14.2 Å². The second-order valence-corrected chi connectivity index (χ2v) is 13.1. The number of esters is 2. The monoisotopic (exact) mass is 464 g/mol. The molecule has 0 radical (unpaired) electrons. The van der Waals surface area contributed by atoms with Crippen LogP contribution in [-0.4, -0.2) is 47.9 Å². The fourth-order valence-corrected chi connectivity index (χ4v) is 6.30. The third kappa shape index (κ3) is 5.58. The standard InChI is InChI=1S/C22H32N2O7Si/c1-7-32(8-2,9-3)11-10-22(14-29-16(5)25)18(30-17(6)26)12-19(31-22)24-13-15(4)20(27)23-21(24)28/h13,18-19H,7-9,12,14H2,1-6H3,(H,23,27,28)/t18-,19+,22+/m0/s1. The van der Waals surface area contributed by atoms with Crippen LogP contribution in [-0.2, 0) is 23.8 Å². The molecule has 1 saturated heterocycles. The highest BCUT2D eigenvalue weighted by Crippen LogP contribution is 2.39. The number of nitrogens with zero attached hydrogens (tertiary/aromatic N) is 1. The molecule has 1 fully saturated rings. The van der Waals surface area contributed by atoms with Gasteiger partial charge in [-0.3, -0.25) is 23.9 Å². The third-order valence-electron chi connectivity index (χ3n) is 6.11. The molecule has 1 aromatic heterocycles. The van der Waals surface area contributed by atoms with E-state index >= 15 is 0 Å². The van der Waals surface area contributed by atoms with Crippen LogP contribution in [0.5, 0.6) is 0 Å². The molecule has 32 heavy (non-hydrogen) atoms. The number of hydrogen-bond acceptors (Lipinski definition) is 7. The molecule has 0 unspecified atom stereocenters. The molecule has 9 nitrogen and oxygen atoms in total. The largest absolute Gasteiger partial charge is 0.462 e. The van der Waals surface area contributed by atoms with Gasteiger partial charge in [-0.2, -0.15) is 0 Å². The number of carbonyl (C=O) groups excluding carboxylic acids is 2. The van der Waals surface area contributed by atoms with Crippen molar-refractivity contribution in [3.05, 3.63) is 32.6 Å². The smallest absolute Gasteiger partial charge is 0.330 e. The number of ether oxygens (including phenoxy) is 3. The van der Waals surface area contributed by atoms with Crippen LogP contribution in [0.25, 0.3) is 0 Å². The second kappa shape index (κ2) is 10.3. The first-order valence-electron chi connectivity index (χ1n) is 10.9. The first-order valence-corrected chi connectivity index (χ1v) is 13.5. The Balaban J connectivity index is 2.61. The van der Waals surface area contributed by atoms with Crippen molar-refractivity contribution >= 4 is 20.0 Å². The molecule has 1 aliphatic heterocycles. The minimum atomic E-state index is -1.92. The molecule has 10 heteroatoms. The minimum Gasteiger partial charge on any atom is -0.462 e. The maximum atomic E-state index is 12.4. The predicted octanol–water partition coefficient (Wildman–Crippen LogP) is 2.05. The van der Waals surface area contributed by atoms with Gasteiger partial charge in [-0.15, -0.1) is 5.54 Å². The maximum absolute atomic E-state index is 12.4. The van der Waals surface area contributed by atoms with Gasteiger partial charge in [-0.1, -0.05) is 26.7 Å². The van der Waals surface area contributed by atoms with Crippen LogP contribution in [0.2, 0.25) is 18.1 Å². The fourth-order valence-electron chi connectivity index (χ4n) is 3.79. The Bertz CT molecular complexity index is 1020. The lowest BCUT2D eigenvalue weighted by Gasteiger charge is -2.29. The van der Waals surface area contributed by atoms with Gasteiger partial charge in [0.2, 0.25) is 5.60 Å². The van der Waals surface area contributed by atoms with Gasteiger partial charge in [-0.25, -0.2) is 4.79 Å². The average molecular weight is 465 g/mol. The molecule has 0 amide bonds. The minimum absolute atomic E-state index is 0.111. The van der Waals surface area contributed by atoms with Crippen LogP contribution in [0.3, 0.4) is 0 Å². The number of nitrogens with one attached hydrogen (secondary N) is 1. The first-order chi connectivity index (χ1) is 15.0. The Kier molecular flexibility index (Phi) is 8.26. The zero-order valence-electron chi connectivity index (χ0n) is 19.6. The number of H-pyrrole nitrogens is 1. The van der Waals surface area contributed by atoms with Crippen molar-refractivity contribution in [2.24, 2.45) is 0 Å². The van der Waals surface area contributed by atoms with Gasteiger partial charge in [-0.05, 0) is 25.1 Å². The Morgan fingerprint density at radius 2 is 1.84 bits per heavy atom. The number of rotatable bonds is 7. The molecular weight excluding hydrogens is 432 g/mol. The normalized spacial score (nSPS) is 22.7. The molecule has 1 aromatic rings. The zero-order chi connectivity index (χ0) is 24.1. The van der Waals surface area contributed by atoms with E-state index in [0.29, 0.717) is 5.56 Å². The van der Waals surface area contributed by atoms with Crippen molar-refractivity contribution in [3.8, 4) is 11.5 Å². The number of aryl methyl sites for hydroxylation is 1. The van der Waals surface area contributed by atoms with Crippen molar-refractivity contribution in [1.82, 2.24) is 9.55 Å². The lowest BCUT2D eigenvalue weighted by molar-refractivity contribution is -0.164. The van der Waals surface area contributed by atoms with Crippen LogP contribution in [0.4, 0.5) is 0 Å². The summed E-state index contributed by atoms with van der Waals surface area (Å²) in [6, 6.07) is 2.82. The first kappa shape index (κ1) is 25.6. The molecule has 2 rings (SSSR count).